The summed E-state index contributed by atoms with van der Waals surface area (Å²) >= 11 is 6.14. The van der Waals surface area contributed by atoms with Crippen molar-refractivity contribution >= 4 is 29.1 Å². The maximum atomic E-state index is 11.6. The van der Waals surface area contributed by atoms with E-state index in [2.05, 4.69) is 10.6 Å². The highest BCUT2D eigenvalue weighted by atomic mass is 35.5. The number of carbonyl (C=O) groups is 1. The van der Waals surface area contributed by atoms with Crippen molar-refractivity contribution < 1.29 is 14.3 Å². The van der Waals surface area contributed by atoms with E-state index >= 15 is 0 Å². The highest BCUT2D eigenvalue weighted by Gasteiger charge is 2.04. The summed E-state index contributed by atoms with van der Waals surface area (Å²) in [4.78, 5) is 11.6. The van der Waals surface area contributed by atoms with Crippen molar-refractivity contribution in [1.29, 1.82) is 0 Å². The molecule has 0 fully saturated rings. The quantitative estimate of drug-likeness (QED) is 0.702. The minimum atomic E-state index is -0.500. The second-order valence-corrected chi connectivity index (χ2v) is 5.51. The van der Waals surface area contributed by atoms with Gasteiger partial charge in [-0.15, -0.1) is 0 Å². The van der Waals surface area contributed by atoms with Crippen molar-refractivity contribution in [3.8, 4) is 0 Å². The summed E-state index contributed by atoms with van der Waals surface area (Å²) in [6.45, 7) is 1.33. The number of hydrogen-bond acceptors (Lipinski definition) is 4. The van der Waals surface area contributed by atoms with Crippen LogP contribution in [0, 0.1) is 0 Å². The predicted octanol–water partition coefficient (Wildman–Crippen LogP) is 4.19. The fraction of sp³-hybridized carbons (Fsp3) is 0.278. The molecule has 0 aliphatic heterocycles. The molecular formula is C18H21ClN2O3. The smallest absolute Gasteiger partial charge is 0.411 e. The zero-order valence-corrected chi connectivity index (χ0v) is 14.3. The van der Waals surface area contributed by atoms with Crippen LogP contribution in [0.1, 0.15) is 5.56 Å². The van der Waals surface area contributed by atoms with Crippen molar-refractivity contribution in [2.24, 2.45) is 0 Å². The monoisotopic (exact) mass is 348 g/mol. The molecule has 0 aromatic heterocycles. The number of methoxy groups -OCH3 is 1. The molecule has 0 unspecified atom stereocenters. The summed E-state index contributed by atoms with van der Waals surface area (Å²) in [6, 6.07) is 15.2. The zero-order chi connectivity index (χ0) is 17.2. The number of nitrogens with one attached hydrogen (secondary N) is 2. The molecule has 0 radical (unpaired) electrons. The molecule has 0 spiro atoms. The van der Waals surface area contributed by atoms with Crippen LogP contribution in [0.4, 0.5) is 16.2 Å². The van der Waals surface area contributed by atoms with Gasteiger partial charge in [-0.25, -0.2) is 4.79 Å². The van der Waals surface area contributed by atoms with Crippen molar-refractivity contribution in [3.05, 3.63) is 59.1 Å². The normalized spacial score (nSPS) is 10.2. The second-order valence-electron chi connectivity index (χ2n) is 5.10. The molecule has 6 heteroatoms. The maximum absolute atomic E-state index is 11.6. The van der Waals surface area contributed by atoms with Crippen molar-refractivity contribution in [1.82, 2.24) is 0 Å². The van der Waals surface area contributed by atoms with E-state index in [-0.39, 0.29) is 6.61 Å². The van der Waals surface area contributed by atoms with Gasteiger partial charge in [0.05, 0.1) is 6.61 Å². The lowest BCUT2D eigenvalue weighted by molar-refractivity contribution is 0.107. The number of carbonyl (C=O) groups excluding carboxylic acids is 1. The SMILES string of the molecule is COCCOC(=O)Nc1cccc(NCCc2ccccc2Cl)c1. The first-order valence-electron chi connectivity index (χ1n) is 7.69. The first-order valence-corrected chi connectivity index (χ1v) is 8.07. The standard InChI is InChI=1S/C18H21ClN2O3/c1-23-11-12-24-18(22)21-16-7-4-6-15(13-16)20-10-9-14-5-2-3-8-17(14)19/h2-8,13,20H,9-12H2,1H3,(H,21,22). The average molecular weight is 349 g/mol. The number of rotatable bonds is 8. The molecule has 2 aromatic rings. The van der Waals surface area contributed by atoms with Crippen LogP contribution >= 0.6 is 11.6 Å². The summed E-state index contributed by atoms with van der Waals surface area (Å²) < 4.78 is 9.79. The largest absolute Gasteiger partial charge is 0.447 e. The van der Waals surface area contributed by atoms with Gasteiger partial charge in [0.1, 0.15) is 6.61 Å². The zero-order valence-electron chi connectivity index (χ0n) is 13.5. The fourth-order valence-electron chi connectivity index (χ4n) is 2.12. The molecule has 0 saturated carbocycles. The Balaban J connectivity index is 1.82. The van der Waals surface area contributed by atoms with Gasteiger partial charge in [-0.1, -0.05) is 35.9 Å². The number of amides is 1. The molecule has 2 N–H and O–H groups in total. The molecular weight excluding hydrogens is 328 g/mol. The molecule has 0 bridgehead atoms. The van der Waals surface area contributed by atoms with E-state index in [0.29, 0.717) is 12.3 Å². The van der Waals surface area contributed by atoms with E-state index in [1.807, 2.05) is 42.5 Å². The molecule has 1 amide bonds. The van der Waals surface area contributed by atoms with Crippen LogP contribution in [-0.4, -0.2) is 33.0 Å². The molecule has 128 valence electrons. The number of halogens is 1. The maximum Gasteiger partial charge on any atom is 0.411 e. The third-order valence-corrected chi connectivity index (χ3v) is 3.68. The Bertz CT molecular complexity index is 664. The lowest BCUT2D eigenvalue weighted by Gasteiger charge is -2.10. The summed E-state index contributed by atoms with van der Waals surface area (Å²) in [6.07, 6.45) is 0.316. The number of ether oxygens (including phenoxy) is 2. The molecule has 0 heterocycles. The van der Waals surface area contributed by atoms with Gasteiger partial charge < -0.3 is 14.8 Å². The minimum absolute atomic E-state index is 0.220. The van der Waals surface area contributed by atoms with Gasteiger partial charge in [-0.2, -0.15) is 0 Å². The van der Waals surface area contributed by atoms with Gasteiger partial charge in [0, 0.05) is 30.1 Å². The Kier molecular flexibility index (Phi) is 7.39. The van der Waals surface area contributed by atoms with Crippen LogP contribution in [0.2, 0.25) is 5.02 Å². The predicted molar refractivity (Wildman–Crippen MR) is 96.9 cm³/mol. The molecule has 24 heavy (non-hydrogen) atoms. The molecule has 2 aromatic carbocycles. The first kappa shape index (κ1) is 18.1. The average Bonchev–Trinajstić information content (AvgIpc) is 2.57. The van der Waals surface area contributed by atoms with Crippen molar-refractivity contribution in [2.75, 3.05) is 37.5 Å². The van der Waals surface area contributed by atoms with Crippen LogP contribution in [0.25, 0.3) is 0 Å². The highest BCUT2D eigenvalue weighted by molar-refractivity contribution is 6.31. The molecule has 0 aliphatic rings. The third-order valence-electron chi connectivity index (χ3n) is 3.31. The molecule has 5 nitrogen and oxygen atoms in total. The van der Waals surface area contributed by atoms with E-state index in [1.54, 1.807) is 13.2 Å². The van der Waals surface area contributed by atoms with Crippen LogP contribution in [0.5, 0.6) is 0 Å². The third kappa shape index (κ3) is 6.10. The van der Waals surface area contributed by atoms with Gasteiger partial charge in [-0.3, -0.25) is 5.32 Å². The number of benzene rings is 2. The van der Waals surface area contributed by atoms with Crippen LogP contribution < -0.4 is 10.6 Å². The van der Waals surface area contributed by atoms with Gasteiger partial charge in [0.25, 0.3) is 0 Å². The van der Waals surface area contributed by atoms with Crippen LogP contribution in [0.15, 0.2) is 48.5 Å². The van der Waals surface area contributed by atoms with Gasteiger partial charge in [-0.05, 0) is 36.2 Å². The summed E-state index contributed by atoms with van der Waals surface area (Å²) in [5.41, 5.74) is 2.68. The second kappa shape index (κ2) is 9.80. The topological polar surface area (TPSA) is 59.6 Å². The Morgan fingerprint density at radius 2 is 1.88 bits per heavy atom. The molecule has 2 rings (SSSR count). The van der Waals surface area contributed by atoms with Crippen molar-refractivity contribution in [3.63, 3.8) is 0 Å². The van der Waals surface area contributed by atoms with Crippen LogP contribution in [-0.2, 0) is 15.9 Å². The number of anilines is 2. The Morgan fingerprint density at radius 1 is 1.08 bits per heavy atom. The summed E-state index contributed by atoms with van der Waals surface area (Å²) in [7, 11) is 1.55. The summed E-state index contributed by atoms with van der Waals surface area (Å²) in [5.74, 6) is 0. The Labute approximate surface area is 146 Å². The van der Waals surface area contributed by atoms with E-state index in [9.17, 15) is 4.79 Å². The van der Waals surface area contributed by atoms with E-state index in [0.717, 1.165) is 29.2 Å². The fourth-order valence-corrected chi connectivity index (χ4v) is 2.35. The van der Waals surface area contributed by atoms with Gasteiger partial charge in [0.15, 0.2) is 0 Å². The van der Waals surface area contributed by atoms with Crippen molar-refractivity contribution in [2.45, 2.75) is 6.42 Å². The Hall–Kier alpha value is -2.24. The van der Waals surface area contributed by atoms with E-state index < -0.39 is 6.09 Å². The first-order chi connectivity index (χ1) is 11.7. The molecule has 0 atom stereocenters. The Morgan fingerprint density at radius 3 is 2.67 bits per heavy atom. The lowest BCUT2D eigenvalue weighted by atomic mass is 10.1. The van der Waals surface area contributed by atoms with E-state index in [4.69, 9.17) is 21.1 Å². The van der Waals surface area contributed by atoms with Gasteiger partial charge >= 0.3 is 6.09 Å². The highest BCUT2D eigenvalue weighted by Crippen LogP contribution is 2.17. The molecule has 0 aliphatic carbocycles. The van der Waals surface area contributed by atoms with Crippen LogP contribution in [0.3, 0.4) is 0 Å². The van der Waals surface area contributed by atoms with E-state index in [1.165, 1.54) is 0 Å². The molecule has 0 saturated heterocycles. The lowest BCUT2D eigenvalue weighted by Crippen LogP contribution is -2.16. The summed E-state index contributed by atoms with van der Waals surface area (Å²) in [5, 5.41) is 6.77. The number of hydrogen-bond donors (Lipinski definition) is 2. The minimum Gasteiger partial charge on any atom is -0.447 e. The van der Waals surface area contributed by atoms with Gasteiger partial charge in [0.2, 0.25) is 0 Å².